The molecule has 2 aromatic carbocycles. The molecule has 3 aromatic rings. The fourth-order valence-corrected chi connectivity index (χ4v) is 3.76. The van der Waals surface area contributed by atoms with Crippen molar-refractivity contribution in [3.8, 4) is 0 Å². The maximum atomic E-state index is 13.1. The third-order valence-electron chi connectivity index (χ3n) is 5.22. The molecule has 5 nitrogen and oxygen atoms in total. The van der Waals surface area contributed by atoms with Crippen LogP contribution in [0.3, 0.4) is 0 Å². The predicted octanol–water partition coefficient (Wildman–Crippen LogP) is 4.12. The summed E-state index contributed by atoms with van der Waals surface area (Å²) in [5.41, 5.74) is 9.99. The van der Waals surface area contributed by atoms with E-state index in [0.717, 1.165) is 47.8 Å². The average Bonchev–Trinajstić information content (AvgIpc) is 2.71. The molecule has 0 radical (unpaired) electrons. The quantitative estimate of drug-likeness (QED) is 0.422. The van der Waals surface area contributed by atoms with Crippen molar-refractivity contribution < 1.29 is 14.3 Å². The van der Waals surface area contributed by atoms with Crippen molar-refractivity contribution in [1.82, 2.24) is 4.98 Å². The summed E-state index contributed by atoms with van der Waals surface area (Å²) in [6.07, 6.45) is 2.87. The molecule has 1 aromatic heterocycles. The highest BCUT2D eigenvalue weighted by molar-refractivity contribution is 6.07. The van der Waals surface area contributed by atoms with E-state index >= 15 is 0 Å². The summed E-state index contributed by atoms with van der Waals surface area (Å²) < 4.78 is 5.61. The first-order chi connectivity index (χ1) is 13.5. The number of hydrogen-bond donors (Lipinski definition) is 1. The number of para-hydroxylation sites is 1. The highest BCUT2D eigenvalue weighted by atomic mass is 16.5. The second-order valence-corrected chi connectivity index (χ2v) is 7.17. The molecule has 2 N–H and O–H groups in total. The molecule has 1 atom stereocenters. The minimum atomic E-state index is -0.887. The molecular weight excluding hydrogens is 352 g/mol. The Labute approximate surface area is 163 Å². The molecular formula is C23H22N2O3. The lowest BCUT2D eigenvalue weighted by Crippen LogP contribution is -2.26. The molecule has 4 rings (SSSR count). The number of Topliss-reactive ketones (excluding diaryl/α,β-unsaturated/α-hetero) is 1. The molecule has 0 aliphatic heterocycles. The van der Waals surface area contributed by atoms with Crippen molar-refractivity contribution in [3.63, 3.8) is 0 Å². The van der Waals surface area contributed by atoms with Gasteiger partial charge in [0.1, 0.15) is 0 Å². The number of benzene rings is 2. The van der Waals surface area contributed by atoms with E-state index in [9.17, 15) is 9.59 Å². The summed E-state index contributed by atoms with van der Waals surface area (Å²) in [5.74, 6) is -0.714. The number of aromatic nitrogens is 1. The Bertz CT molecular complexity index is 1060. The van der Waals surface area contributed by atoms with Gasteiger partial charge in [-0.3, -0.25) is 9.78 Å². The molecule has 1 aliphatic carbocycles. The SMILES string of the molecule is CC(OC(=O)c1c2c(nc3ccccc13)CCCC2)C(=O)c1ccc(N)cc1. The van der Waals surface area contributed by atoms with Crippen LogP contribution < -0.4 is 5.73 Å². The third-order valence-corrected chi connectivity index (χ3v) is 5.22. The number of ether oxygens (including phenoxy) is 1. The molecule has 142 valence electrons. The fraction of sp³-hybridized carbons (Fsp3) is 0.261. The Balaban J connectivity index is 1.67. The number of nitrogen functional groups attached to an aromatic ring is 1. The maximum Gasteiger partial charge on any atom is 0.339 e. The summed E-state index contributed by atoms with van der Waals surface area (Å²) in [6, 6.07) is 14.2. The van der Waals surface area contributed by atoms with Gasteiger partial charge in [-0.1, -0.05) is 18.2 Å². The van der Waals surface area contributed by atoms with Crippen LogP contribution in [0.5, 0.6) is 0 Å². The van der Waals surface area contributed by atoms with Crippen LogP contribution in [0, 0.1) is 0 Å². The van der Waals surface area contributed by atoms with Gasteiger partial charge in [0, 0.05) is 22.3 Å². The van der Waals surface area contributed by atoms with Crippen LogP contribution in [0.25, 0.3) is 10.9 Å². The van der Waals surface area contributed by atoms with Crippen molar-refractivity contribution in [3.05, 3.63) is 70.9 Å². The van der Waals surface area contributed by atoms with E-state index in [-0.39, 0.29) is 5.78 Å². The smallest absolute Gasteiger partial charge is 0.339 e. The molecule has 0 spiro atoms. The molecule has 0 amide bonds. The van der Waals surface area contributed by atoms with Crippen LogP contribution in [0.15, 0.2) is 48.5 Å². The number of anilines is 1. The number of hydrogen-bond acceptors (Lipinski definition) is 5. The van der Waals surface area contributed by atoms with Crippen molar-refractivity contribution >= 4 is 28.3 Å². The summed E-state index contributed by atoms with van der Waals surface area (Å²) in [5, 5.41) is 0.778. The van der Waals surface area contributed by atoms with Crippen LogP contribution in [-0.4, -0.2) is 22.8 Å². The van der Waals surface area contributed by atoms with Crippen molar-refractivity contribution in [2.75, 3.05) is 5.73 Å². The number of pyridine rings is 1. The second-order valence-electron chi connectivity index (χ2n) is 7.17. The van der Waals surface area contributed by atoms with E-state index in [1.807, 2.05) is 24.3 Å². The topological polar surface area (TPSA) is 82.3 Å². The fourth-order valence-electron chi connectivity index (χ4n) is 3.76. The van der Waals surface area contributed by atoms with Gasteiger partial charge < -0.3 is 10.5 Å². The van der Waals surface area contributed by atoms with E-state index in [0.29, 0.717) is 16.8 Å². The van der Waals surface area contributed by atoms with E-state index in [2.05, 4.69) is 0 Å². The second kappa shape index (κ2) is 7.43. The lowest BCUT2D eigenvalue weighted by Gasteiger charge is -2.21. The lowest BCUT2D eigenvalue weighted by molar-refractivity contribution is 0.0319. The predicted molar refractivity (Wildman–Crippen MR) is 108 cm³/mol. The highest BCUT2D eigenvalue weighted by Crippen LogP contribution is 2.30. The van der Waals surface area contributed by atoms with E-state index in [4.69, 9.17) is 15.5 Å². The Morgan fingerprint density at radius 1 is 1.04 bits per heavy atom. The van der Waals surface area contributed by atoms with Gasteiger partial charge in [-0.2, -0.15) is 0 Å². The number of fused-ring (bicyclic) bond motifs is 2. The van der Waals surface area contributed by atoms with Gasteiger partial charge in [-0.25, -0.2) is 4.79 Å². The number of carbonyl (C=O) groups excluding carboxylic acids is 2. The molecule has 1 heterocycles. The molecule has 28 heavy (non-hydrogen) atoms. The number of rotatable bonds is 4. The number of aryl methyl sites for hydroxylation is 1. The molecule has 0 saturated carbocycles. The van der Waals surface area contributed by atoms with Gasteiger partial charge in [-0.15, -0.1) is 0 Å². The van der Waals surface area contributed by atoms with Crippen LogP contribution in [0.1, 0.15) is 51.7 Å². The van der Waals surface area contributed by atoms with Gasteiger partial charge in [0.2, 0.25) is 5.78 Å². The van der Waals surface area contributed by atoms with Crippen LogP contribution in [0.2, 0.25) is 0 Å². The highest BCUT2D eigenvalue weighted by Gasteiger charge is 2.26. The number of nitrogens with two attached hydrogens (primary N) is 1. The zero-order valence-electron chi connectivity index (χ0n) is 15.8. The van der Waals surface area contributed by atoms with E-state index in [1.165, 1.54) is 0 Å². The van der Waals surface area contributed by atoms with Crippen LogP contribution >= 0.6 is 0 Å². The van der Waals surface area contributed by atoms with Gasteiger partial charge in [-0.05, 0) is 68.5 Å². The zero-order valence-corrected chi connectivity index (χ0v) is 15.8. The van der Waals surface area contributed by atoms with Crippen molar-refractivity contribution in [1.29, 1.82) is 0 Å². The molecule has 0 saturated heterocycles. The summed E-state index contributed by atoms with van der Waals surface area (Å²) in [4.78, 5) is 30.5. The first kappa shape index (κ1) is 18.2. The first-order valence-corrected chi connectivity index (χ1v) is 9.56. The molecule has 1 unspecified atom stereocenters. The van der Waals surface area contributed by atoms with Gasteiger partial charge in [0.25, 0.3) is 0 Å². The third kappa shape index (κ3) is 3.36. The largest absolute Gasteiger partial charge is 0.451 e. The Morgan fingerprint density at radius 2 is 1.75 bits per heavy atom. The summed E-state index contributed by atoms with van der Waals surface area (Å²) in [7, 11) is 0. The molecule has 1 aliphatic rings. The molecule has 0 fully saturated rings. The van der Waals surface area contributed by atoms with Gasteiger partial charge >= 0.3 is 5.97 Å². The number of ketones is 1. The standard InChI is InChI=1S/C23H22N2O3/c1-14(22(26)15-10-12-16(24)13-11-15)28-23(27)21-17-6-2-4-8-19(17)25-20-9-5-3-7-18(20)21/h2,4,6,8,10-14H,3,5,7,9,24H2,1H3. The first-order valence-electron chi connectivity index (χ1n) is 9.56. The minimum Gasteiger partial charge on any atom is -0.451 e. The Morgan fingerprint density at radius 3 is 2.54 bits per heavy atom. The van der Waals surface area contributed by atoms with Gasteiger partial charge in [0.15, 0.2) is 6.10 Å². The zero-order chi connectivity index (χ0) is 19.7. The van der Waals surface area contributed by atoms with Crippen molar-refractivity contribution in [2.24, 2.45) is 0 Å². The number of carbonyl (C=O) groups is 2. The number of nitrogens with zero attached hydrogens (tertiary/aromatic N) is 1. The minimum absolute atomic E-state index is 0.249. The summed E-state index contributed by atoms with van der Waals surface area (Å²) >= 11 is 0. The van der Waals surface area contributed by atoms with E-state index in [1.54, 1.807) is 31.2 Å². The monoisotopic (exact) mass is 374 g/mol. The van der Waals surface area contributed by atoms with Crippen molar-refractivity contribution in [2.45, 2.75) is 38.7 Å². The lowest BCUT2D eigenvalue weighted by atomic mass is 9.90. The Hall–Kier alpha value is -3.21. The van der Waals surface area contributed by atoms with Gasteiger partial charge in [0.05, 0.1) is 11.1 Å². The molecule has 5 heteroatoms. The number of esters is 1. The summed E-state index contributed by atoms with van der Waals surface area (Å²) in [6.45, 7) is 1.60. The Kier molecular flexibility index (Phi) is 4.82. The maximum absolute atomic E-state index is 13.1. The molecule has 0 bridgehead atoms. The van der Waals surface area contributed by atoms with E-state index < -0.39 is 12.1 Å². The average molecular weight is 374 g/mol. The normalized spacial score (nSPS) is 14.3. The van der Waals surface area contributed by atoms with Crippen LogP contribution in [-0.2, 0) is 17.6 Å². The van der Waals surface area contributed by atoms with Crippen LogP contribution in [0.4, 0.5) is 5.69 Å².